The van der Waals surface area contributed by atoms with E-state index in [0.29, 0.717) is 12.2 Å². The number of hydrogen-bond donors (Lipinski definition) is 0. The Morgan fingerprint density at radius 2 is 1.55 bits per heavy atom. The Morgan fingerprint density at radius 3 is 2.24 bits per heavy atom. The summed E-state index contributed by atoms with van der Waals surface area (Å²) in [6.07, 6.45) is -3.45. The van der Waals surface area contributed by atoms with Crippen LogP contribution >= 0.6 is 24.2 Å². The minimum atomic E-state index is -4.34. The van der Waals surface area contributed by atoms with E-state index in [2.05, 4.69) is 14.7 Å². The molecular formula is C24H31ClF3N3OS. The van der Waals surface area contributed by atoms with Gasteiger partial charge in [0.2, 0.25) is 0 Å². The highest BCUT2D eigenvalue weighted by Crippen LogP contribution is 2.49. The average Bonchev–Trinajstić information content (AvgIpc) is 2.79. The zero-order valence-corrected chi connectivity index (χ0v) is 20.4. The summed E-state index contributed by atoms with van der Waals surface area (Å²) in [5.41, 5.74) is 1.05. The molecule has 0 spiro atoms. The van der Waals surface area contributed by atoms with E-state index < -0.39 is 11.7 Å². The molecular weight excluding hydrogens is 471 g/mol. The number of ether oxygens (including phenoxy) is 1. The molecule has 4 nitrogen and oxygen atoms in total. The van der Waals surface area contributed by atoms with Crippen molar-refractivity contribution in [1.82, 2.24) is 9.80 Å². The van der Waals surface area contributed by atoms with Gasteiger partial charge >= 0.3 is 6.18 Å². The van der Waals surface area contributed by atoms with Crippen LogP contribution in [0.2, 0.25) is 0 Å². The van der Waals surface area contributed by atoms with Crippen molar-refractivity contribution in [1.29, 1.82) is 0 Å². The maximum absolute atomic E-state index is 13.4. The quantitative estimate of drug-likeness (QED) is 0.426. The fourth-order valence-electron chi connectivity index (χ4n) is 4.27. The molecule has 0 bridgehead atoms. The molecule has 0 atom stereocenters. The molecule has 0 amide bonds. The van der Waals surface area contributed by atoms with Crippen LogP contribution in [-0.2, 0) is 10.9 Å². The van der Waals surface area contributed by atoms with Gasteiger partial charge in [0, 0.05) is 55.7 Å². The van der Waals surface area contributed by atoms with E-state index in [1.54, 1.807) is 17.8 Å². The number of alkyl halides is 3. The first-order valence-electron chi connectivity index (χ1n) is 11.2. The predicted octanol–water partition coefficient (Wildman–Crippen LogP) is 5.77. The van der Waals surface area contributed by atoms with Gasteiger partial charge in [-0.1, -0.05) is 23.9 Å². The van der Waals surface area contributed by atoms with Gasteiger partial charge in [-0.25, -0.2) is 0 Å². The van der Waals surface area contributed by atoms with Crippen LogP contribution in [0, 0.1) is 0 Å². The summed E-state index contributed by atoms with van der Waals surface area (Å²) in [6.45, 7) is 10.3. The average molecular weight is 502 g/mol. The number of rotatable bonds is 8. The van der Waals surface area contributed by atoms with Crippen LogP contribution in [0.15, 0.2) is 52.3 Å². The first-order valence-corrected chi connectivity index (χ1v) is 12.1. The van der Waals surface area contributed by atoms with Gasteiger partial charge in [0.1, 0.15) is 0 Å². The van der Waals surface area contributed by atoms with E-state index in [-0.39, 0.29) is 12.4 Å². The Balaban J connectivity index is 0.00000306. The van der Waals surface area contributed by atoms with Gasteiger partial charge in [-0.3, -0.25) is 4.90 Å². The second-order valence-corrected chi connectivity index (χ2v) is 9.22. The molecule has 4 rings (SSSR count). The smallest absolute Gasteiger partial charge is 0.380 e. The first-order chi connectivity index (χ1) is 15.5. The van der Waals surface area contributed by atoms with Gasteiger partial charge in [0.15, 0.2) is 0 Å². The molecule has 0 radical (unpaired) electrons. The van der Waals surface area contributed by atoms with Crippen molar-refractivity contribution in [3.8, 4) is 0 Å². The van der Waals surface area contributed by atoms with Gasteiger partial charge in [-0.05, 0) is 50.2 Å². The minimum Gasteiger partial charge on any atom is -0.380 e. The lowest BCUT2D eigenvalue weighted by molar-refractivity contribution is -0.137. The molecule has 2 aliphatic heterocycles. The van der Waals surface area contributed by atoms with E-state index in [9.17, 15) is 13.2 Å². The molecule has 33 heavy (non-hydrogen) atoms. The monoisotopic (exact) mass is 501 g/mol. The van der Waals surface area contributed by atoms with E-state index in [4.69, 9.17) is 4.74 Å². The van der Waals surface area contributed by atoms with E-state index in [0.717, 1.165) is 74.4 Å². The van der Waals surface area contributed by atoms with Crippen LogP contribution in [-0.4, -0.2) is 68.8 Å². The standard InChI is InChI=1S/C24H30F3N3OS.ClH/c1-2-31-17-16-29-14-12-28(13-15-29)10-5-11-30-20-6-3-4-7-22(20)32-23-9-8-19(18-21(23)30)24(25,26)27;/h3-4,6-9,18H,2,5,10-17H2,1H3;1H. The number of halogens is 4. The largest absolute Gasteiger partial charge is 0.416 e. The number of nitrogens with zero attached hydrogens (tertiary/aromatic N) is 3. The highest BCUT2D eigenvalue weighted by atomic mass is 35.5. The maximum atomic E-state index is 13.4. The van der Waals surface area contributed by atoms with Gasteiger partial charge in [0.25, 0.3) is 0 Å². The molecule has 1 fully saturated rings. The fourth-order valence-corrected chi connectivity index (χ4v) is 5.35. The van der Waals surface area contributed by atoms with Gasteiger partial charge in [-0.15, -0.1) is 12.4 Å². The Morgan fingerprint density at radius 1 is 0.879 bits per heavy atom. The summed E-state index contributed by atoms with van der Waals surface area (Å²) < 4.78 is 45.5. The Kier molecular flexibility index (Phi) is 9.35. The van der Waals surface area contributed by atoms with Crippen LogP contribution in [0.4, 0.5) is 24.5 Å². The van der Waals surface area contributed by atoms with Crippen molar-refractivity contribution < 1.29 is 17.9 Å². The molecule has 0 saturated carbocycles. The second-order valence-electron chi connectivity index (χ2n) is 8.14. The fraction of sp³-hybridized carbons (Fsp3) is 0.500. The van der Waals surface area contributed by atoms with Crippen LogP contribution in [0.25, 0.3) is 0 Å². The highest BCUT2D eigenvalue weighted by Gasteiger charge is 2.33. The summed E-state index contributed by atoms with van der Waals surface area (Å²) in [7, 11) is 0. The van der Waals surface area contributed by atoms with Crippen molar-refractivity contribution in [2.24, 2.45) is 0 Å². The Bertz CT molecular complexity index is 907. The molecule has 2 aromatic carbocycles. The predicted molar refractivity (Wildman–Crippen MR) is 130 cm³/mol. The minimum absolute atomic E-state index is 0. The van der Waals surface area contributed by atoms with Crippen molar-refractivity contribution in [2.75, 3.05) is 63.9 Å². The zero-order valence-electron chi connectivity index (χ0n) is 18.8. The van der Waals surface area contributed by atoms with Crippen molar-refractivity contribution in [2.45, 2.75) is 29.3 Å². The Hall–Kier alpha value is -1.45. The normalized spacial score (nSPS) is 16.8. The summed E-state index contributed by atoms with van der Waals surface area (Å²) in [5.74, 6) is 0. The second kappa shape index (κ2) is 11.8. The summed E-state index contributed by atoms with van der Waals surface area (Å²) in [5, 5.41) is 0. The SMILES string of the molecule is CCOCCN1CCN(CCCN2c3ccccc3Sc3ccc(C(F)(F)F)cc32)CC1.Cl. The van der Waals surface area contributed by atoms with Gasteiger partial charge in [0.05, 0.1) is 23.5 Å². The number of para-hydroxylation sites is 1. The lowest BCUT2D eigenvalue weighted by Crippen LogP contribution is -2.47. The third-order valence-corrected chi connectivity index (χ3v) is 7.16. The number of anilines is 2. The van der Waals surface area contributed by atoms with Crippen molar-refractivity contribution >= 4 is 35.5 Å². The summed E-state index contributed by atoms with van der Waals surface area (Å²) in [6, 6.07) is 12.1. The van der Waals surface area contributed by atoms with E-state index in [1.165, 1.54) is 12.1 Å². The van der Waals surface area contributed by atoms with E-state index >= 15 is 0 Å². The highest BCUT2D eigenvalue weighted by molar-refractivity contribution is 7.99. The number of piperazine rings is 1. The van der Waals surface area contributed by atoms with Gasteiger partial charge in [-0.2, -0.15) is 13.2 Å². The summed E-state index contributed by atoms with van der Waals surface area (Å²) >= 11 is 1.54. The molecule has 0 aliphatic carbocycles. The summed E-state index contributed by atoms with van der Waals surface area (Å²) in [4.78, 5) is 8.91. The number of hydrogen-bond acceptors (Lipinski definition) is 5. The molecule has 2 heterocycles. The van der Waals surface area contributed by atoms with Crippen LogP contribution in [0.3, 0.4) is 0 Å². The Labute approximate surface area is 204 Å². The molecule has 0 unspecified atom stereocenters. The molecule has 182 valence electrons. The van der Waals surface area contributed by atoms with E-state index in [1.807, 2.05) is 31.2 Å². The first kappa shape index (κ1) is 26.2. The van der Waals surface area contributed by atoms with Gasteiger partial charge < -0.3 is 14.5 Å². The molecule has 1 saturated heterocycles. The third-order valence-electron chi connectivity index (χ3n) is 6.03. The van der Waals surface area contributed by atoms with Crippen molar-refractivity contribution in [3.05, 3.63) is 48.0 Å². The molecule has 2 aromatic rings. The van der Waals surface area contributed by atoms with Crippen LogP contribution in [0.5, 0.6) is 0 Å². The molecule has 2 aliphatic rings. The topological polar surface area (TPSA) is 19.0 Å². The lowest BCUT2D eigenvalue weighted by atomic mass is 10.1. The van der Waals surface area contributed by atoms with Crippen LogP contribution in [0.1, 0.15) is 18.9 Å². The third kappa shape index (κ3) is 6.57. The molecule has 0 aromatic heterocycles. The van der Waals surface area contributed by atoms with Crippen LogP contribution < -0.4 is 4.90 Å². The number of fused-ring (bicyclic) bond motifs is 2. The lowest BCUT2D eigenvalue weighted by Gasteiger charge is -2.36. The molecule has 9 heteroatoms. The molecule has 0 N–H and O–H groups in total. The zero-order chi connectivity index (χ0) is 22.6. The maximum Gasteiger partial charge on any atom is 0.416 e. The number of benzene rings is 2. The van der Waals surface area contributed by atoms with Crippen molar-refractivity contribution in [3.63, 3.8) is 0 Å².